The SMILES string of the molecule is C=CCc1cc(C(C)(C)C)ccc1N(C)c1cccc(-c2ccccn2)c1-c1cc(-c2nc(-c3ccccc3)nc(-c3ccccc3)n2)ccc1N(C(C)/C=C\C)C(C)(C)C. The van der Waals surface area contributed by atoms with Crippen LogP contribution in [0, 0.1) is 0 Å². The summed E-state index contributed by atoms with van der Waals surface area (Å²) >= 11 is 0. The van der Waals surface area contributed by atoms with E-state index >= 15 is 0 Å². The third kappa shape index (κ3) is 9.24. The standard InChI is InChI=1S/C55H58N6/c1-11-22-38(3)61(55(7,8)9)48-33-31-42(53-58-51(39-24-15-13-16-25-39)57-52(59-53)40-26-17-14-18-27-40)37-45(48)50-44(46-29-19-20-35-56-46)28-21-30-49(50)60(10)47-34-32-43(54(4,5)6)36-41(47)23-12-2/h11-22,24-38H,2,23H2,1,3-10H3/b22-11-. The molecule has 7 aromatic rings. The maximum absolute atomic E-state index is 5.19. The molecule has 0 bridgehead atoms. The summed E-state index contributed by atoms with van der Waals surface area (Å²) in [6.45, 7) is 22.2. The summed E-state index contributed by atoms with van der Waals surface area (Å²) < 4.78 is 0. The Bertz CT molecular complexity index is 2580. The maximum atomic E-state index is 5.19. The van der Waals surface area contributed by atoms with Gasteiger partial charge in [0.2, 0.25) is 0 Å². The van der Waals surface area contributed by atoms with Crippen molar-refractivity contribution in [3.05, 3.63) is 176 Å². The van der Waals surface area contributed by atoms with Gasteiger partial charge in [0, 0.05) is 75.3 Å². The van der Waals surface area contributed by atoms with Gasteiger partial charge >= 0.3 is 0 Å². The molecule has 308 valence electrons. The molecule has 6 heteroatoms. The highest BCUT2D eigenvalue weighted by atomic mass is 15.2. The topological polar surface area (TPSA) is 58.0 Å². The molecule has 1 unspecified atom stereocenters. The summed E-state index contributed by atoms with van der Waals surface area (Å²) in [6.07, 6.45) is 9.02. The van der Waals surface area contributed by atoms with Crippen LogP contribution in [0.3, 0.4) is 0 Å². The molecule has 6 nitrogen and oxygen atoms in total. The molecule has 7 rings (SSSR count). The summed E-state index contributed by atoms with van der Waals surface area (Å²) in [4.78, 5) is 25.2. The molecule has 0 fully saturated rings. The highest BCUT2D eigenvalue weighted by Gasteiger charge is 2.31. The quantitative estimate of drug-likeness (QED) is 0.115. The molecule has 0 N–H and O–H groups in total. The molecule has 2 aromatic heterocycles. The minimum atomic E-state index is -0.255. The number of pyridine rings is 1. The van der Waals surface area contributed by atoms with Crippen molar-refractivity contribution in [1.82, 2.24) is 19.9 Å². The van der Waals surface area contributed by atoms with E-state index in [0.29, 0.717) is 17.5 Å². The minimum Gasteiger partial charge on any atom is -0.360 e. The van der Waals surface area contributed by atoms with Crippen LogP contribution in [0.4, 0.5) is 17.1 Å². The fourth-order valence-electron chi connectivity index (χ4n) is 8.25. The van der Waals surface area contributed by atoms with Gasteiger partial charge in [0.1, 0.15) is 0 Å². The summed E-state index contributed by atoms with van der Waals surface area (Å²) in [5, 5.41) is 0. The first kappa shape index (κ1) is 42.5. The third-order valence-corrected chi connectivity index (χ3v) is 11.1. The Morgan fingerprint density at radius 2 is 1.23 bits per heavy atom. The Labute approximate surface area is 363 Å². The predicted octanol–water partition coefficient (Wildman–Crippen LogP) is 14.0. The summed E-state index contributed by atoms with van der Waals surface area (Å²) in [7, 11) is 2.18. The molecule has 0 amide bonds. The molecular formula is C55H58N6. The Morgan fingerprint density at radius 3 is 1.79 bits per heavy atom. The third-order valence-electron chi connectivity index (χ3n) is 11.1. The number of hydrogen-bond donors (Lipinski definition) is 0. The van der Waals surface area contributed by atoms with E-state index in [1.54, 1.807) is 0 Å². The molecule has 0 aliphatic heterocycles. The van der Waals surface area contributed by atoms with E-state index in [1.165, 1.54) is 11.1 Å². The Balaban J connectivity index is 1.57. The fraction of sp³-hybridized carbons (Fsp3) is 0.236. The zero-order valence-corrected chi connectivity index (χ0v) is 37.2. The van der Waals surface area contributed by atoms with Gasteiger partial charge in [-0.25, -0.2) is 15.0 Å². The summed E-state index contributed by atoms with van der Waals surface area (Å²) in [5.74, 6) is 1.84. The molecule has 0 aliphatic rings. The van der Waals surface area contributed by atoms with E-state index in [4.69, 9.17) is 19.9 Å². The molecule has 61 heavy (non-hydrogen) atoms. The van der Waals surface area contributed by atoms with Crippen LogP contribution in [0.2, 0.25) is 0 Å². The van der Waals surface area contributed by atoms with Gasteiger partial charge in [-0.15, -0.1) is 6.58 Å². The lowest BCUT2D eigenvalue weighted by Crippen LogP contribution is -2.46. The van der Waals surface area contributed by atoms with Gasteiger partial charge in [0.05, 0.1) is 5.69 Å². The van der Waals surface area contributed by atoms with Crippen LogP contribution in [0.25, 0.3) is 56.5 Å². The average molecular weight is 803 g/mol. The molecular weight excluding hydrogens is 745 g/mol. The Hall–Kier alpha value is -6.66. The Kier molecular flexibility index (Phi) is 12.5. The van der Waals surface area contributed by atoms with Gasteiger partial charge in [-0.1, -0.05) is 130 Å². The van der Waals surface area contributed by atoms with Crippen molar-refractivity contribution in [1.29, 1.82) is 0 Å². The van der Waals surface area contributed by atoms with Crippen LogP contribution < -0.4 is 9.80 Å². The minimum absolute atomic E-state index is 0.00223. The van der Waals surface area contributed by atoms with Crippen molar-refractivity contribution >= 4 is 17.1 Å². The lowest BCUT2D eigenvalue weighted by Gasteiger charge is -2.43. The van der Waals surface area contributed by atoms with Gasteiger partial charge in [-0.05, 0) is 100 Å². The van der Waals surface area contributed by atoms with Crippen LogP contribution in [0.15, 0.2) is 164 Å². The average Bonchev–Trinajstić information content (AvgIpc) is 3.26. The van der Waals surface area contributed by atoms with Crippen molar-refractivity contribution in [2.75, 3.05) is 16.8 Å². The molecule has 0 radical (unpaired) electrons. The second-order valence-electron chi connectivity index (χ2n) is 17.6. The van der Waals surface area contributed by atoms with E-state index < -0.39 is 0 Å². The fourth-order valence-corrected chi connectivity index (χ4v) is 8.25. The number of anilines is 3. The number of aromatic nitrogens is 4. The van der Waals surface area contributed by atoms with E-state index in [1.807, 2.05) is 79.0 Å². The lowest BCUT2D eigenvalue weighted by atomic mass is 9.85. The van der Waals surface area contributed by atoms with Crippen molar-refractivity contribution in [3.63, 3.8) is 0 Å². The van der Waals surface area contributed by atoms with Gasteiger partial charge in [0.15, 0.2) is 17.5 Å². The van der Waals surface area contributed by atoms with Crippen molar-refractivity contribution in [3.8, 4) is 56.5 Å². The zero-order chi connectivity index (χ0) is 43.3. The maximum Gasteiger partial charge on any atom is 0.164 e. The smallest absolute Gasteiger partial charge is 0.164 e. The zero-order valence-electron chi connectivity index (χ0n) is 37.2. The van der Waals surface area contributed by atoms with Gasteiger partial charge in [-0.2, -0.15) is 0 Å². The van der Waals surface area contributed by atoms with Crippen molar-refractivity contribution < 1.29 is 0 Å². The van der Waals surface area contributed by atoms with Crippen LogP contribution in [-0.4, -0.2) is 38.6 Å². The monoisotopic (exact) mass is 802 g/mol. The highest BCUT2D eigenvalue weighted by Crippen LogP contribution is 2.48. The van der Waals surface area contributed by atoms with Crippen LogP contribution in [0.5, 0.6) is 0 Å². The second-order valence-corrected chi connectivity index (χ2v) is 17.6. The summed E-state index contributed by atoms with van der Waals surface area (Å²) in [6, 6.07) is 46.6. The number of rotatable bonds is 12. The molecule has 0 saturated carbocycles. The molecule has 5 aromatic carbocycles. The number of benzene rings is 5. The molecule has 1 atom stereocenters. The molecule has 0 spiro atoms. The molecule has 2 heterocycles. The normalized spacial score (nSPS) is 12.3. The van der Waals surface area contributed by atoms with Gasteiger partial charge in [-0.3, -0.25) is 4.98 Å². The van der Waals surface area contributed by atoms with Gasteiger partial charge in [0.25, 0.3) is 0 Å². The molecule has 0 saturated heterocycles. The van der Waals surface area contributed by atoms with Crippen LogP contribution >= 0.6 is 0 Å². The van der Waals surface area contributed by atoms with E-state index in [2.05, 4.69) is 158 Å². The number of nitrogens with zero attached hydrogens (tertiary/aromatic N) is 6. The van der Waals surface area contributed by atoms with Gasteiger partial charge < -0.3 is 9.80 Å². The van der Waals surface area contributed by atoms with E-state index in [9.17, 15) is 0 Å². The lowest BCUT2D eigenvalue weighted by molar-refractivity contribution is 0.482. The predicted molar refractivity (Wildman–Crippen MR) is 258 cm³/mol. The number of allylic oxidation sites excluding steroid dienone is 2. The first-order valence-corrected chi connectivity index (χ1v) is 21.2. The Morgan fingerprint density at radius 1 is 0.623 bits per heavy atom. The van der Waals surface area contributed by atoms with Crippen LogP contribution in [-0.2, 0) is 11.8 Å². The number of hydrogen-bond acceptors (Lipinski definition) is 6. The van der Waals surface area contributed by atoms with E-state index in [0.717, 1.165) is 62.6 Å². The molecule has 0 aliphatic carbocycles. The van der Waals surface area contributed by atoms with Crippen LogP contribution in [0.1, 0.15) is 66.5 Å². The van der Waals surface area contributed by atoms with Crippen molar-refractivity contribution in [2.45, 2.75) is 78.8 Å². The second kappa shape index (κ2) is 17.9. The summed E-state index contributed by atoms with van der Waals surface area (Å²) in [5.41, 5.74) is 12.3. The first-order chi connectivity index (χ1) is 29.3. The highest BCUT2D eigenvalue weighted by molar-refractivity contribution is 5.99. The van der Waals surface area contributed by atoms with Crippen molar-refractivity contribution in [2.24, 2.45) is 0 Å². The largest absolute Gasteiger partial charge is 0.360 e. The van der Waals surface area contributed by atoms with E-state index in [-0.39, 0.29) is 17.0 Å². The first-order valence-electron chi connectivity index (χ1n) is 21.2.